The second-order valence-corrected chi connectivity index (χ2v) is 0.816. The molecule has 0 aliphatic rings. The van der Waals surface area contributed by atoms with Crippen molar-refractivity contribution < 1.29 is 0 Å². The topological polar surface area (TPSA) is 0 Å². The maximum atomic E-state index is 2.12. The van der Waals surface area contributed by atoms with Gasteiger partial charge in [-0.3, -0.25) is 0 Å². The van der Waals surface area contributed by atoms with Crippen molar-refractivity contribution in [3.8, 4) is 0 Å². The lowest BCUT2D eigenvalue weighted by Crippen LogP contribution is -1.67. The average Bonchev–Trinajstić information content (AvgIpc) is 1.37. The molecule has 0 amide bonds. The third-order valence-electron chi connectivity index (χ3n) is 0.408. The van der Waals surface area contributed by atoms with Crippen molar-refractivity contribution in [2.45, 2.75) is 27.5 Å². The van der Waals surface area contributed by atoms with Crippen LogP contribution in [0.4, 0.5) is 0 Å². The minimum Gasteiger partial charge on any atom is -0.0920 e. The summed E-state index contributed by atoms with van der Waals surface area (Å²) in [5, 5.41) is 0. The Hall–Kier alpha value is 0.0649. The van der Waals surface area contributed by atoms with Crippen LogP contribution in [0.2, 0.25) is 13.1 Å². The van der Waals surface area contributed by atoms with Gasteiger partial charge in [0.15, 0.2) is 0 Å². The molecule has 31 valence electrons. The van der Waals surface area contributed by atoms with Crippen molar-refractivity contribution in [1.29, 1.82) is 0 Å². The lowest BCUT2D eigenvalue weighted by Gasteiger charge is -1.64. The standard InChI is InChI=1S/C3H8B.CH4/c1-3-4-2;/h3H2,1-2H3;1H4. The second-order valence-electron chi connectivity index (χ2n) is 0.816. The van der Waals surface area contributed by atoms with E-state index in [4.69, 9.17) is 0 Å². The van der Waals surface area contributed by atoms with E-state index < -0.39 is 0 Å². The van der Waals surface area contributed by atoms with Gasteiger partial charge < -0.3 is 0 Å². The zero-order valence-electron chi connectivity index (χ0n) is 3.28. The van der Waals surface area contributed by atoms with Crippen LogP contribution in [0.25, 0.3) is 0 Å². The summed E-state index contributed by atoms with van der Waals surface area (Å²) in [6, 6.07) is 0. The van der Waals surface area contributed by atoms with Crippen molar-refractivity contribution in [3.05, 3.63) is 0 Å². The molecule has 0 aliphatic heterocycles. The Morgan fingerprint density at radius 3 is 1.80 bits per heavy atom. The van der Waals surface area contributed by atoms with E-state index in [0.29, 0.717) is 0 Å². The molecule has 5 heavy (non-hydrogen) atoms. The van der Waals surface area contributed by atoms with E-state index in [1.807, 2.05) is 0 Å². The van der Waals surface area contributed by atoms with Gasteiger partial charge in [-0.1, -0.05) is 27.5 Å². The van der Waals surface area contributed by atoms with E-state index in [2.05, 4.69) is 21.0 Å². The fourth-order valence-corrected chi connectivity index (χ4v) is 0. The molecule has 1 heteroatoms. The molecular weight excluding hydrogens is 58.9 g/mol. The molecule has 1 radical (unpaired) electrons. The molecule has 0 aliphatic carbocycles. The zero-order valence-corrected chi connectivity index (χ0v) is 3.28. The van der Waals surface area contributed by atoms with E-state index in [1.165, 1.54) is 6.32 Å². The number of hydrogen-bond donors (Lipinski definition) is 0. The third kappa shape index (κ3) is 15.3. The first-order valence-corrected chi connectivity index (χ1v) is 1.69. The van der Waals surface area contributed by atoms with Crippen LogP contribution < -0.4 is 0 Å². The highest BCUT2D eigenvalue weighted by Crippen LogP contribution is 1.64. The van der Waals surface area contributed by atoms with E-state index in [9.17, 15) is 0 Å². The first kappa shape index (κ1) is 8.91. The lowest BCUT2D eigenvalue weighted by molar-refractivity contribution is 1.45. The molecule has 0 heterocycles. The third-order valence-corrected chi connectivity index (χ3v) is 0.408. The Bertz CT molecular complexity index is 5.61. The monoisotopic (exact) mass is 71.1 g/mol. The smallest absolute Gasteiger partial charge is 0.0920 e. The summed E-state index contributed by atoms with van der Waals surface area (Å²) in [5.41, 5.74) is 0. The van der Waals surface area contributed by atoms with Gasteiger partial charge in [-0.05, 0) is 0 Å². The first-order valence-electron chi connectivity index (χ1n) is 1.69. The minimum absolute atomic E-state index is 0. The van der Waals surface area contributed by atoms with Crippen molar-refractivity contribution in [3.63, 3.8) is 0 Å². The van der Waals surface area contributed by atoms with E-state index >= 15 is 0 Å². The summed E-state index contributed by atoms with van der Waals surface area (Å²) in [6.45, 7) is 4.18. The summed E-state index contributed by atoms with van der Waals surface area (Å²) in [4.78, 5) is 0. The first-order chi connectivity index (χ1) is 1.91. The molecule has 0 spiro atoms. The zero-order chi connectivity index (χ0) is 3.41. The maximum Gasteiger partial charge on any atom is 0.105 e. The van der Waals surface area contributed by atoms with Gasteiger partial charge in [-0.2, -0.15) is 0 Å². The Kier molecular flexibility index (Phi) is 16.0. The van der Waals surface area contributed by atoms with E-state index in [0.717, 1.165) is 0 Å². The summed E-state index contributed by atoms with van der Waals surface area (Å²) in [5.74, 6) is 0. The molecule has 0 nitrogen and oxygen atoms in total. The molecule has 0 aromatic heterocycles. The molecule has 0 rings (SSSR count). The van der Waals surface area contributed by atoms with Gasteiger partial charge >= 0.3 is 0 Å². The summed E-state index contributed by atoms with van der Waals surface area (Å²) in [6.07, 6.45) is 1.19. The lowest BCUT2D eigenvalue weighted by atomic mass is 9.79. The number of hydrogen-bond acceptors (Lipinski definition) is 0. The molecule has 0 saturated heterocycles. The fourth-order valence-electron chi connectivity index (χ4n) is 0. The van der Waals surface area contributed by atoms with Gasteiger partial charge in [-0.25, -0.2) is 0 Å². The molecule has 0 fully saturated rings. The van der Waals surface area contributed by atoms with Gasteiger partial charge in [-0.15, -0.1) is 0 Å². The van der Waals surface area contributed by atoms with Crippen LogP contribution in [0.15, 0.2) is 0 Å². The number of rotatable bonds is 1. The van der Waals surface area contributed by atoms with E-state index in [1.54, 1.807) is 0 Å². The average molecular weight is 71.0 g/mol. The predicted molar refractivity (Wildman–Crippen MR) is 28.8 cm³/mol. The normalized spacial score (nSPS) is 5.20. The van der Waals surface area contributed by atoms with Gasteiger partial charge in [0, 0.05) is 0 Å². The molecule has 0 bridgehead atoms. The summed E-state index contributed by atoms with van der Waals surface area (Å²) < 4.78 is 0. The highest BCUT2D eigenvalue weighted by atomic mass is 13.3. The summed E-state index contributed by atoms with van der Waals surface area (Å²) >= 11 is 0. The van der Waals surface area contributed by atoms with Gasteiger partial charge in [0.2, 0.25) is 0 Å². The maximum absolute atomic E-state index is 2.12. The van der Waals surface area contributed by atoms with Crippen molar-refractivity contribution in [2.24, 2.45) is 0 Å². The Morgan fingerprint density at radius 2 is 1.80 bits per heavy atom. The molecule has 0 aromatic carbocycles. The quantitative estimate of drug-likeness (QED) is 0.413. The van der Waals surface area contributed by atoms with Crippen molar-refractivity contribution >= 4 is 7.28 Å². The van der Waals surface area contributed by atoms with Crippen LogP contribution in [-0.4, -0.2) is 7.28 Å². The predicted octanol–water partition coefficient (Wildman–Crippen LogP) is 1.81. The van der Waals surface area contributed by atoms with Crippen LogP contribution in [0, 0.1) is 0 Å². The van der Waals surface area contributed by atoms with Crippen LogP contribution in [0.3, 0.4) is 0 Å². The minimum atomic E-state index is 0. The Balaban J connectivity index is 0. The Labute approximate surface area is 35.8 Å². The van der Waals surface area contributed by atoms with Gasteiger partial charge in [0.25, 0.3) is 0 Å². The van der Waals surface area contributed by atoms with Crippen LogP contribution in [-0.2, 0) is 0 Å². The van der Waals surface area contributed by atoms with Crippen molar-refractivity contribution in [1.82, 2.24) is 0 Å². The highest BCUT2D eigenvalue weighted by molar-refractivity contribution is 6.33. The highest BCUT2D eigenvalue weighted by Gasteiger charge is 1.61. The van der Waals surface area contributed by atoms with Crippen LogP contribution in [0.1, 0.15) is 14.4 Å². The molecule has 0 aromatic rings. The molecule has 0 N–H and O–H groups in total. The van der Waals surface area contributed by atoms with Crippen LogP contribution >= 0.6 is 0 Å². The fraction of sp³-hybridized carbons (Fsp3) is 1.00. The van der Waals surface area contributed by atoms with Gasteiger partial charge in [0.1, 0.15) is 7.28 Å². The van der Waals surface area contributed by atoms with Gasteiger partial charge in [0.05, 0.1) is 0 Å². The largest absolute Gasteiger partial charge is 0.105 e. The Morgan fingerprint density at radius 1 is 1.60 bits per heavy atom. The van der Waals surface area contributed by atoms with E-state index in [-0.39, 0.29) is 7.43 Å². The molecule has 0 atom stereocenters. The van der Waals surface area contributed by atoms with Crippen molar-refractivity contribution in [2.75, 3.05) is 0 Å². The second kappa shape index (κ2) is 8.96. The van der Waals surface area contributed by atoms with Crippen LogP contribution in [0.5, 0.6) is 0 Å². The SMILES string of the molecule is C.C[B]CC. The molecule has 0 saturated carbocycles. The molecular formula is C4H12B. The molecule has 0 unspecified atom stereocenters. The summed E-state index contributed by atoms with van der Waals surface area (Å²) in [7, 11) is 2.12.